The molecule has 0 saturated heterocycles. The molecule has 0 fully saturated rings. The molecule has 0 saturated carbocycles. The SMILES string of the molecule is [CH]=CCC(C)NC[C@@H](C)O. The molecule has 0 aliphatic heterocycles. The third-order valence-corrected chi connectivity index (χ3v) is 1.25. The highest BCUT2D eigenvalue weighted by Crippen LogP contribution is 1.89. The summed E-state index contributed by atoms with van der Waals surface area (Å²) in [7, 11) is 0. The van der Waals surface area contributed by atoms with Crippen molar-refractivity contribution in [2.45, 2.75) is 32.4 Å². The summed E-state index contributed by atoms with van der Waals surface area (Å²) in [5, 5.41) is 12.0. The first-order valence-corrected chi connectivity index (χ1v) is 3.61. The van der Waals surface area contributed by atoms with Crippen LogP contribution in [0.5, 0.6) is 0 Å². The quantitative estimate of drug-likeness (QED) is 0.593. The molecule has 0 aliphatic carbocycles. The summed E-state index contributed by atoms with van der Waals surface area (Å²) in [6, 6.07) is 0.361. The second-order valence-corrected chi connectivity index (χ2v) is 2.63. The van der Waals surface area contributed by atoms with E-state index in [4.69, 9.17) is 11.7 Å². The third-order valence-electron chi connectivity index (χ3n) is 1.25. The van der Waals surface area contributed by atoms with E-state index in [1.807, 2.05) is 6.92 Å². The number of nitrogens with one attached hydrogen (secondary N) is 1. The van der Waals surface area contributed by atoms with E-state index in [0.717, 1.165) is 6.42 Å². The van der Waals surface area contributed by atoms with Gasteiger partial charge in [-0.05, 0) is 20.3 Å². The van der Waals surface area contributed by atoms with Crippen molar-refractivity contribution >= 4 is 0 Å². The van der Waals surface area contributed by atoms with Gasteiger partial charge in [0.25, 0.3) is 0 Å². The summed E-state index contributed by atoms with van der Waals surface area (Å²) < 4.78 is 0. The molecule has 0 amide bonds. The average Bonchev–Trinajstić information content (AvgIpc) is 1.85. The van der Waals surface area contributed by atoms with Crippen molar-refractivity contribution in [3.8, 4) is 0 Å². The summed E-state index contributed by atoms with van der Waals surface area (Å²) in [4.78, 5) is 0. The minimum Gasteiger partial charge on any atom is -0.392 e. The molecule has 2 nitrogen and oxygen atoms in total. The van der Waals surface area contributed by atoms with Gasteiger partial charge in [0.1, 0.15) is 0 Å². The average molecular weight is 142 g/mol. The fourth-order valence-corrected chi connectivity index (χ4v) is 0.659. The molecule has 1 radical (unpaired) electrons. The van der Waals surface area contributed by atoms with E-state index < -0.39 is 0 Å². The van der Waals surface area contributed by atoms with E-state index >= 15 is 0 Å². The molecular weight excluding hydrogens is 126 g/mol. The summed E-state index contributed by atoms with van der Waals surface area (Å²) >= 11 is 0. The van der Waals surface area contributed by atoms with Crippen molar-refractivity contribution in [3.05, 3.63) is 12.7 Å². The summed E-state index contributed by atoms with van der Waals surface area (Å²) in [6.45, 7) is 9.63. The lowest BCUT2D eigenvalue weighted by atomic mass is 10.2. The Morgan fingerprint density at radius 2 is 2.20 bits per heavy atom. The van der Waals surface area contributed by atoms with Gasteiger partial charge in [0.15, 0.2) is 0 Å². The van der Waals surface area contributed by atoms with Gasteiger partial charge in [-0.2, -0.15) is 0 Å². The number of aliphatic hydroxyl groups is 1. The predicted octanol–water partition coefficient (Wildman–Crippen LogP) is 0.725. The molecule has 0 aromatic rings. The molecule has 10 heavy (non-hydrogen) atoms. The van der Waals surface area contributed by atoms with Gasteiger partial charge in [-0.3, -0.25) is 0 Å². The first-order valence-electron chi connectivity index (χ1n) is 3.61. The Morgan fingerprint density at radius 3 is 2.60 bits per heavy atom. The first kappa shape index (κ1) is 9.66. The number of hydrogen-bond donors (Lipinski definition) is 2. The van der Waals surface area contributed by atoms with Crippen LogP contribution in [-0.4, -0.2) is 23.8 Å². The van der Waals surface area contributed by atoms with Crippen LogP contribution in [0.4, 0.5) is 0 Å². The molecule has 0 rings (SSSR count). The van der Waals surface area contributed by atoms with E-state index in [9.17, 15) is 0 Å². The highest BCUT2D eigenvalue weighted by molar-refractivity contribution is 4.72. The van der Waals surface area contributed by atoms with Gasteiger partial charge in [-0.25, -0.2) is 0 Å². The second kappa shape index (κ2) is 5.45. The molecule has 2 heteroatoms. The van der Waals surface area contributed by atoms with Crippen molar-refractivity contribution in [2.75, 3.05) is 6.54 Å². The molecule has 0 heterocycles. The molecule has 0 aliphatic rings. The smallest absolute Gasteiger partial charge is 0.0636 e. The molecular formula is C8H16NO. The van der Waals surface area contributed by atoms with Gasteiger partial charge in [-0.15, -0.1) is 0 Å². The maximum atomic E-state index is 8.87. The summed E-state index contributed by atoms with van der Waals surface area (Å²) in [5.74, 6) is 0. The Bertz CT molecular complexity index is 91.3. The molecule has 1 unspecified atom stereocenters. The number of rotatable bonds is 5. The van der Waals surface area contributed by atoms with Crippen LogP contribution in [0.1, 0.15) is 20.3 Å². The van der Waals surface area contributed by atoms with E-state index in [1.54, 1.807) is 13.0 Å². The van der Waals surface area contributed by atoms with Gasteiger partial charge in [0.2, 0.25) is 0 Å². The Hall–Kier alpha value is -0.340. The van der Waals surface area contributed by atoms with E-state index in [-0.39, 0.29) is 6.10 Å². The molecule has 2 atom stereocenters. The zero-order chi connectivity index (χ0) is 7.98. The van der Waals surface area contributed by atoms with Crippen LogP contribution in [0.25, 0.3) is 0 Å². The zero-order valence-corrected chi connectivity index (χ0v) is 6.67. The second-order valence-electron chi connectivity index (χ2n) is 2.63. The van der Waals surface area contributed by atoms with Crippen LogP contribution in [-0.2, 0) is 0 Å². The lowest BCUT2D eigenvalue weighted by Gasteiger charge is -2.12. The Labute approximate surface area is 62.9 Å². The highest BCUT2D eigenvalue weighted by Gasteiger charge is 1.99. The van der Waals surface area contributed by atoms with E-state index in [2.05, 4.69) is 5.32 Å². The third kappa shape index (κ3) is 5.79. The van der Waals surface area contributed by atoms with Crippen molar-refractivity contribution in [1.82, 2.24) is 5.32 Å². The van der Waals surface area contributed by atoms with Crippen LogP contribution >= 0.6 is 0 Å². The van der Waals surface area contributed by atoms with Crippen LogP contribution < -0.4 is 5.32 Å². The largest absolute Gasteiger partial charge is 0.392 e. The normalized spacial score (nSPS) is 16.3. The van der Waals surface area contributed by atoms with Gasteiger partial charge < -0.3 is 10.4 Å². The van der Waals surface area contributed by atoms with Crippen molar-refractivity contribution in [2.24, 2.45) is 0 Å². The molecule has 2 N–H and O–H groups in total. The lowest BCUT2D eigenvalue weighted by Crippen LogP contribution is -2.31. The van der Waals surface area contributed by atoms with E-state index in [0.29, 0.717) is 12.6 Å². The van der Waals surface area contributed by atoms with E-state index in [1.165, 1.54) is 0 Å². The van der Waals surface area contributed by atoms with Crippen molar-refractivity contribution < 1.29 is 5.11 Å². The minimum absolute atomic E-state index is 0.278. The summed E-state index contributed by atoms with van der Waals surface area (Å²) in [6.07, 6.45) is 2.19. The van der Waals surface area contributed by atoms with Gasteiger partial charge in [0.05, 0.1) is 6.10 Å². The van der Waals surface area contributed by atoms with Crippen molar-refractivity contribution in [1.29, 1.82) is 0 Å². The Balaban J connectivity index is 3.20. The van der Waals surface area contributed by atoms with Gasteiger partial charge in [-0.1, -0.05) is 12.7 Å². The van der Waals surface area contributed by atoms with Crippen molar-refractivity contribution in [3.63, 3.8) is 0 Å². The Morgan fingerprint density at radius 1 is 1.60 bits per heavy atom. The van der Waals surface area contributed by atoms with Crippen LogP contribution in [0, 0.1) is 6.58 Å². The topological polar surface area (TPSA) is 32.3 Å². The van der Waals surface area contributed by atoms with Crippen LogP contribution in [0.3, 0.4) is 0 Å². The summed E-state index contributed by atoms with van der Waals surface area (Å²) in [5.41, 5.74) is 0. The maximum absolute atomic E-state index is 8.87. The first-order chi connectivity index (χ1) is 4.66. The van der Waals surface area contributed by atoms with Crippen LogP contribution in [0.2, 0.25) is 0 Å². The monoisotopic (exact) mass is 142 g/mol. The van der Waals surface area contributed by atoms with Gasteiger partial charge >= 0.3 is 0 Å². The molecule has 0 bridgehead atoms. The standard InChI is InChI=1S/C8H16NO/c1-4-5-7(2)9-6-8(3)10/h1,4,7-10H,5-6H2,2-3H3/t7?,8-/m1/s1. The number of hydrogen-bond acceptors (Lipinski definition) is 2. The highest BCUT2D eigenvalue weighted by atomic mass is 16.3. The Kier molecular flexibility index (Phi) is 5.26. The zero-order valence-electron chi connectivity index (χ0n) is 6.67. The fourth-order valence-electron chi connectivity index (χ4n) is 0.659. The van der Waals surface area contributed by atoms with Gasteiger partial charge in [0, 0.05) is 12.6 Å². The molecule has 0 aromatic carbocycles. The predicted molar refractivity (Wildman–Crippen MR) is 42.6 cm³/mol. The number of aliphatic hydroxyl groups excluding tert-OH is 1. The maximum Gasteiger partial charge on any atom is 0.0636 e. The van der Waals surface area contributed by atoms with Crippen LogP contribution in [0.15, 0.2) is 6.08 Å². The molecule has 0 spiro atoms. The lowest BCUT2D eigenvalue weighted by molar-refractivity contribution is 0.187. The molecule has 59 valence electrons. The fraction of sp³-hybridized carbons (Fsp3) is 0.750. The minimum atomic E-state index is -0.278. The molecule has 0 aromatic heterocycles.